The van der Waals surface area contributed by atoms with E-state index >= 15 is 0 Å². The van der Waals surface area contributed by atoms with Gasteiger partial charge in [0.05, 0.1) is 4.90 Å². The van der Waals surface area contributed by atoms with E-state index in [0.717, 1.165) is 0 Å². The predicted octanol–water partition coefficient (Wildman–Crippen LogP) is 2.98. The summed E-state index contributed by atoms with van der Waals surface area (Å²) in [6, 6.07) is 12.8. The highest BCUT2D eigenvalue weighted by atomic mass is 32.2. The fourth-order valence-electron chi connectivity index (χ4n) is 2.72. The zero-order valence-electron chi connectivity index (χ0n) is 11.3. The van der Waals surface area contributed by atoms with Crippen molar-refractivity contribution in [3.8, 4) is 0 Å². The Morgan fingerprint density at radius 3 is 2.18 bits per heavy atom. The molecule has 1 N–H and O–H groups in total. The summed E-state index contributed by atoms with van der Waals surface area (Å²) in [6.07, 6.45) is -5.25. The average molecular weight is 327 g/mol. The van der Waals surface area contributed by atoms with E-state index < -0.39 is 28.2 Å². The number of nitrogens with one attached hydrogen (secondary N) is 1. The summed E-state index contributed by atoms with van der Waals surface area (Å²) in [5.74, 6) is 0. The Labute approximate surface area is 125 Å². The normalized spacial score (nSPS) is 23.8. The van der Waals surface area contributed by atoms with Crippen molar-refractivity contribution in [1.29, 1.82) is 0 Å². The number of halogens is 3. The first-order valence-electron chi connectivity index (χ1n) is 6.50. The summed E-state index contributed by atoms with van der Waals surface area (Å²) >= 11 is 0. The van der Waals surface area contributed by atoms with Gasteiger partial charge in [-0.1, -0.05) is 48.5 Å². The molecular weight excluding hydrogens is 315 g/mol. The summed E-state index contributed by atoms with van der Waals surface area (Å²) in [5.41, 5.74) is -2.62. The van der Waals surface area contributed by atoms with Crippen LogP contribution in [-0.2, 0) is 22.0 Å². The van der Waals surface area contributed by atoms with Crippen molar-refractivity contribution < 1.29 is 21.6 Å². The van der Waals surface area contributed by atoms with E-state index in [1.54, 1.807) is 6.07 Å². The van der Waals surface area contributed by atoms with E-state index in [1.807, 2.05) is 4.72 Å². The van der Waals surface area contributed by atoms with Crippen molar-refractivity contribution in [2.75, 3.05) is 0 Å². The van der Waals surface area contributed by atoms with Crippen molar-refractivity contribution in [3.05, 3.63) is 65.7 Å². The third-order valence-corrected chi connectivity index (χ3v) is 5.37. The molecule has 0 amide bonds. The van der Waals surface area contributed by atoms with Crippen LogP contribution in [0.15, 0.2) is 59.5 Å². The maximum Gasteiger partial charge on any atom is 0.412 e. The lowest BCUT2D eigenvalue weighted by Crippen LogP contribution is -2.59. The summed E-state index contributed by atoms with van der Waals surface area (Å²) in [4.78, 5) is -0.106. The second kappa shape index (κ2) is 4.82. The summed E-state index contributed by atoms with van der Waals surface area (Å²) in [6.45, 7) is 0. The van der Waals surface area contributed by atoms with Crippen molar-refractivity contribution >= 4 is 10.0 Å². The smallest absolute Gasteiger partial charge is 0.207 e. The van der Waals surface area contributed by atoms with Gasteiger partial charge in [-0.2, -0.15) is 17.9 Å². The first kappa shape index (κ1) is 15.1. The topological polar surface area (TPSA) is 46.2 Å². The number of rotatable bonds is 1. The molecule has 0 saturated heterocycles. The van der Waals surface area contributed by atoms with E-state index in [-0.39, 0.29) is 16.0 Å². The molecule has 0 spiro atoms. The second-order valence-electron chi connectivity index (χ2n) is 5.16. The summed E-state index contributed by atoms with van der Waals surface area (Å²) in [5, 5.41) is 0. The van der Waals surface area contributed by atoms with Crippen molar-refractivity contribution in [2.45, 2.75) is 23.0 Å². The Morgan fingerprint density at radius 1 is 0.955 bits per heavy atom. The molecule has 1 aliphatic heterocycles. The van der Waals surface area contributed by atoms with Gasteiger partial charge in [0.1, 0.15) is 0 Å². The van der Waals surface area contributed by atoms with E-state index in [4.69, 9.17) is 0 Å². The number of hydrogen-bond acceptors (Lipinski definition) is 2. The lowest BCUT2D eigenvalue weighted by Gasteiger charge is -2.40. The predicted molar refractivity (Wildman–Crippen MR) is 74.6 cm³/mol. The molecule has 2 aromatic carbocycles. The third-order valence-electron chi connectivity index (χ3n) is 3.78. The maximum absolute atomic E-state index is 13.8. The second-order valence-corrected chi connectivity index (χ2v) is 6.81. The first-order valence-corrected chi connectivity index (χ1v) is 7.99. The van der Waals surface area contributed by atoms with Gasteiger partial charge in [0.25, 0.3) is 0 Å². The molecule has 2 aromatic rings. The van der Waals surface area contributed by atoms with E-state index in [1.165, 1.54) is 48.5 Å². The monoisotopic (exact) mass is 327 g/mol. The zero-order valence-corrected chi connectivity index (χ0v) is 12.1. The van der Waals surface area contributed by atoms with Gasteiger partial charge in [-0.05, 0) is 17.2 Å². The van der Waals surface area contributed by atoms with Crippen LogP contribution in [0, 0.1) is 0 Å². The van der Waals surface area contributed by atoms with Crippen LogP contribution in [0.3, 0.4) is 0 Å². The van der Waals surface area contributed by atoms with Gasteiger partial charge in [0.2, 0.25) is 10.0 Å². The molecule has 0 aromatic heterocycles. The molecule has 1 atom stereocenters. The zero-order chi connectivity index (χ0) is 16.0. The van der Waals surface area contributed by atoms with Crippen LogP contribution in [0.2, 0.25) is 0 Å². The Kier molecular flexibility index (Phi) is 3.30. The van der Waals surface area contributed by atoms with E-state index in [2.05, 4.69) is 0 Å². The van der Waals surface area contributed by atoms with Crippen LogP contribution in [0.25, 0.3) is 0 Å². The van der Waals surface area contributed by atoms with Gasteiger partial charge in [-0.3, -0.25) is 0 Å². The molecule has 0 aliphatic carbocycles. The fourth-order valence-corrected chi connectivity index (χ4v) is 4.34. The SMILES string of the molecule is O=S1(=O)NC(c2ccccc2)(C(F)(F)F)Cc2ccccc21. The molecule has 1 heterocycles. The molecule has 3 nitrogen and oxygen atoms in total. The van der Waals surface area contributed by atoms with Crippen molar-refractivity contribution in [2.24, 2.45) is 0 Å². The molecule has 0 saturated carbocycles. The van der Waals surface area contributed by atoms with Gasteiger partial charge in [-0.25, -0.2) is 8.42 Å². The standard InChI is InChI=1S/C15H12F3NO2S/c16-15(17,18)14(12-7-2-1-3-8-12)10-11-6-4-5-9-13(11)22(20,21)19-14/h1-9,19H,10H2. The molecule has 0 radical (unpaired) electrons. The van der Waals surface area contributed by atoms with Crippen LogP contribution in [0.4, 0.5) is 13.2 Å². The van der Waals surface area contributed by atoms with Crippen LogP contribution in [-0.4, -0.2) is 14.6 Å². The molecule has 1 unspecified atom stereocenters. The van der Waals surface area contributed by atoms with Gasteiger partial charge >= 0.3 is 6.18 Å². The average Bonchev–Trinajstić information content (AvgIpc) is 2.46. The number of alkyl halides is 3. The molecule has 0 fully saturated rings. The van der Waals surface area contributed by atoms with Gasteiger partial charge in [0, 0.05) is 6.42 Å². The van der Waals surface area contributed by atoms with Crippen molar-refractivity contribution in [1.82, 2.24) is 4.72 Å². The minimum absolute atomic E-state index is 0.106. The maximum atomic E-state index is 13.8. The molecule has 22 heavy (non-hydrogen) atoms. The van der Waals surface area contributed by atoms with Gasteiger partial charge < -0.3 is 0 Å². The summed E-state index contributed by atoms with van der Waals surface area (Å²) in [7, 11) is -4.25. The number of sulfonamides is 1. The fraction of sp³-hybridized carbons (Fsp3) is 0.200. The quantitative estimate of drug-likeness (QED) is 0.875. The minimum Gasteiger partial charge on any atom is -0.207 e. The lowest BCUT2D eigenvalue weighted by atomic mass is 9.84. The Balaban J connectivity index is 2.27. The largest absolute Gasteiger partial charge is 0.412 e. The molecule has 3 rings (SSSR count). The molecule has 116 valence electrons. The van der Waals surface area contributed by atoms with Crippen LogP contribution < -0.4 is 4.72 Å². The van der Waals surface area contributed by atoms with Gasteiger partial charge in [-0.15, -0.1) is 0 Å². The van der Waals surface area contributed by atoms with E-state index in [0.29, 0.717) is 0 Å². The third kappa shape index (κ3) is 2.21. The highest BCUT2D eigenvalue weighted by Gasteiger charge is 2.60. The Morgan fingerprint density at radius 2 is 1.55 bits per heavy atom. The summed E-state index contributed by atoms with van der Waals surface area (Å²) < 4.78 is 67.8. The minimum atomic E-state index is -4.77. The molecule has 0 bridgehead atoms. The number of hydrogen-bond donors (Lipinski definition) is 1. The molecule has 1 aliphatic rings. The Bertz CT molecular complexity index is 803. The van der Waals surface area contributed by atoms with Crippen LogP contribution in [0.5, 0.6) is 0 Å². The molecule has 7 heteroatoms. The lowest BCUT2D eigenvalue weighted by molar-refractivity contribution is -0.195. The highest BCUT2D eigenvalue weighted by Crippen LogP contribution is 2.45. The number of fused-ring (bicyclic) bond motifs is 1. The Hall–Kier alpha value is -1.86. The van der Waals surface area contributed by atoms with E-state index in [9.17, 15) is 21.6 Å². The first-order chi connectivity index (χ1) is 10.3. The van der Waals surface area contributed by atoms with Crippen molar-refractivity contribution in [3.63, 3.8) is 0 Å². The molecular formula is C15H12F3NO2S. The van der Waals surface area contributed by atoms with Crippen LogP contribution >= 0.6 is 0 Å². The highest BCUT2D eigenvalue weighted by molar-refractivity contribution is 7.89. The number of benzene rings is 2. The van der Waals surface area contributed by atoms with Gasteiger partial charge in [0.15, 0.2) is 5.54 Å². The van der Waals surface area contributed by atoms with Crippen LogP contribution in [0.1, 0.15) is 11.1 Å².